The highest BCUT2D eigenvalue weighted by Gasteiger charge is 2.50. The molecule has 0 saturated carbocycles. The molecule has 0 radical (unpaired) electrons. The Hall–Kier alpha value is -4.19. The number of para-hydroxylation sites is 1. The number of halogens is 1. The third-order valence-electron chi connectivity index (χ3n) is 6.86. The van der Waals surface area contributed by atoms with Gasteiger partial charge in [-0.1, -0.05) is 38.1 Å². The number of nitrogens with one attached hydrogen (secondary N) is 1. The van der Waals surface area contributed by atoms with Crippen LogP contribution in [0.1, 0.15) is 37.0 Å². The topological polar surface area (TPSA) is 103 Å². The van der Waals surface area contributed by atoms with E-state index in [2.05, 4.69) is 18.0 Å². The molecule has 0 aliphatic carbocycles. The molecule has 3 atom stereocenters. The van der Waals surface area contributed by atoms with Crippen LogP contribution in [0.25, 0.3) is 0 Å². The first kappa shape index (κ1) is 28.4. The lowest BCUT2D eigenvalue weighted by molar-refractivity contribution is -0.136. The van der Waals surface area contributed by atoms with Crippen molar-refractivity contribution in [3.05, 3.63) is 72.6 Å². The van der Waals surface area contributed by atoms with E-state index in [0.29, 0.717) is 12.1 Å². The lowest BCUT2D eigenvalue weighted by Gasteiger charge is -2.33. The van der Waals surface area contributed by atoms with Crippen LogP contribution >= 0.6 is 0 Å². The number of nitrogens with zero attached hydrogens (tertiary/aromatic N) is 3. The first-order valence-electron chi connectivity index (χ1n) is 12.4. The van der Waals surface area contributed by atoms with Gasteiger partial charge in [0.25, 0.3) is 5.91 Å². The van der Waals surface area contributed by atoms with Crippen molar-refractivity contribution in [1.82, 2.24) is 9.80 Å². The molecule has 0 unspecified atom stereocenters. The number of carbonyl (C=O) groups is 3. The largest absolute Gasteiger partial charge is 0.494 e. The van der Waals surface area contributed by atoms with Gasteiger partial charge in [-0.05, 0) is 42.7 Å². The zero-order valence-electron chi connectivity index (χ0n) is 22.1. The van der Waals surface area contributed by atoms with Crippen molar-refractivity contribution >= 4 is 23.4 Å². The van der Waals surface area contributed by atoms with E-state index in [-0.39, 0.29) is 36.1 Å². The summed E-state index contributed by atoms with van der Waals surface area (Å²) >= 11 is 0. The second-order valence-electron chi connectivity index (χ2n) is 9.91. The Balaban J connectivity index is 1.89. The zero-order valence-corrected chi connectivity index (χ0v) is 22.1. The number of nitriles is 1. The van der Waals surface area contributed by atoms with E-state index in [0.717, 1.165) is 6.07 Å². The minimum absolute atomic E-state index is 0.00230. The number of likely N-dealkylation sites (N-methyl/N-ethyl adjacent to an activating group) is 1. The van der Waals surface area contributed by atoms with E-state index < -0.39 is 35.1 Å². The van der Waals surface area contributed by atoms with E-state index in [1.807, 2.05) is 19.9 Å². The lowest BCUT2D eigenvalue weighted by Crippen LogP contribution is -2.51. The van der Waals surface area contributed by atoms with Crippen LogP contribution in [-0.4, -0.2) is 60.3 Å². The normalized spacial score (nSPS) is 19.4. The molecule has 38 heavy (non-hydrogen) atoms. The minimum Gasteiger partial charge on any atom is -0.494 e. The van der Waals surface area contributed by atoms with Crippen LogP contribution in [0.15, 0.2) is 61.2 Å². The number of benzene rings is 2. The number of amides is 3. The Labute approximate surface area is 222 Å². The maximum atomic E-state index is 14.3. The third kappa shape index (κ3) is 5.86. The number of rotatable bonds is 9. The highest BCUT2D eigenvalue weighted by Crippen LogP contribution is 2.38. The van der Waals surface area contributed by atoms with Gasteiger partial charge in [-0.2, -0.15) is 5.26 Å². The molecule has 3 rings (SSSR count). The van der Waals surface area contributed by atoms with Crippen LogP contribution in [-0.2, 0) is 9.59 Å². The number of hydrogen-bond donors (Lipinski definition) is 1. The number of anilines is 1. The predicted octanol–water partition coefficient (Wildman–Crippen LogP) is 4.26. The van der Waals surface area contributed by atoms with Crippen molar-refractivity contribution in [2.24, 2.45) is 11.3 Å². The molecule has 0 bridgehead atoms. The predicted molar refractivity (Wildman–Crippen MR) is 142 cm³/mol. The number of hydrogen-bond acceptors (Lipinski definition) is 5. The fourth-order valence-corrected chi connectivity index (χ4v) is 4.67. The minimum atomic E-state index is -1.18. The Kier molecular flexibility index (Phi) is 8.89. The molecular weight excluding hydrogens is 487 g/mol. The Morgan fingerprint density at radius 1 is 1.29 bits per heavy atom. The summed E-state index contributed by atoms with van der Waals surface area (Å²) in [6.45, 7) is 7.62. The van der Waals surface area contributed by atoms with Crippen LogP contribution in [0.2, 0.25) is 0 Å². The van der Waals surface area contributed by atoms with Gasteiger partial charge in [0.15, 0.2) is 11.6 Å². The van der Waals surface area contributed by atoms with Crippen LogP contribution in [0.3, 0.4) is 0 Å². The van der Waals surface area contributed by atoms with Crippen LogP contribution < -0.4 is 10.1 Å². The highest BCUT2D eigenvalue weighted by molar-refractivity contribution is 5.99. The van der Waals surface area contributed by atoms with Gasteiger partial charge in [-0.15, -0.1) is 6.58 Å². The van der Waals surface area contributed by atoms with Gasteiger partial charge in [0.2, 0.25) is 11.8 Å². The van der Waals surface area contributed by atoms with Gasteiger partial charge in [0.1, 0.15) is 12.1 Å². The standard InChI is InChI=1S/C29H33FN4O4/c1-6-29(28(37)32-21-10-8-7-9-11-21)16-22(17-31)34(18-29)27(36)24(14-19(2)3)33(4)26(35)20-12-13-25(38-5)23(30)15-20/h6-13,15,19,22,24H,1,14,16,18H2,2-5H3,(H,32,37)/t22-,24-,29-/m0/s1. The maximum absolute atomic E-state index is 14.3. The molecule has 1 fully saturated rings. The molecule has 1 aliphatic heterocycles. The van der Waals surface area contributed by atoms with Crippen molar-refractivity contribution in [2.75, 3.05) is 26.0 Å². The van der Waals surface area contributed by atoms with Gasteiger partial charge >= 0.3 is 0 Å². The second kappa shape index (κ2) is 11.9. The summed E-state index contributed by atoms with van der Waals surface area (Å²) in [6.07, 6.45) is 1.87. The fourth-order valence-electron chi connectivity index (χ4n) is 4.67. The Bertz CT molecular complexity index is 1240. The number of carbonyl (C=O) groups excluding carboxylic acids is 3. The Morgan fingerprint density at radius 2 is 1.97 bits per heavy atom. The monoisotopic (exact) mass is 520 g/mol. The second-order valence-corrected chi connectivity index (χ2v) is 9.91. The summed E-state index contributed by atoms with van der Waals surface area (Å²) in [7, 11) is 2.81. The molecule has 0 aromatic heterocycles. The molecule has 2 aromatic carbocycles. The van der Waals surface area contributed by atoms with E-state index in [1.54, 1.807) is 24.3 Å². The Morgan fingerprint density at radius 3 is 2.53 bits per heavy atom. The van der Waals surface area contributed by atoms with Gasteiger partial charge in [0, 0.05) is 31.3 Å². The number of likely N-dealkylation sites (tertiary alicyclic amines) is 1. The van der Waals surface area contributed by atoms with E-state index in [1.165, 1.54) is 42.2 Å². The molecule has 200 valence electrons. The van der Waals surface area contributed by atoms with E-state index in [4.69, 9.17) is 4.74 Å². The maximum Gasteiger partial charge on any atom is 0.254 e. The van der Waals surface area contributed by atoms with Gasteiger partial charge < -0.3 is 19.9 Å². The number of ether oxygens (including phenoxy) is 1. The van der Waals surface area contributed by atoms with E-state index >= 15 is 0 Å². The SMILES string of the molecule is C=C[C@]1(C(=O)Nc2ccccc2)C[C@@H](C#N)N(C(=O)[C@H](CC(C)C)N(C)C(=O)c2ccc(OC)c(F)c2)C1. The summed E-state index contributed by atoms with van der Waals surface area (Å²) in [6, 6.07) is 13.1. The van der Waals surface area contributed by atoms with Crippen LogP contribution in [0.4, 0.5) is 10.1 Å². The van der Waals surface area contributed by atoms with Crippen LogP contribution in [0.5, 0.6) is 5.75 Å². The molecular formula is C29H33FN4O4. The first-order valence-corrected chi connectivity index (χ1v) is 12.4. The number of methoxy groups -OCH3 is 1. The van der Waals surface area contributed by atoms with Gasteiger partial charge in [-0.25, -0.2) is 4.39 Å². The first-order chi connectivity index (χ1) is 18.1. The molecule has 0 spiro atoms. The quantitative estimate of drug-likeness (QED) is 0.498. The summed E-state index contributed by atoms with van der Waals surface area (Å²) in [5.74, 6) is -2.03. The molecule has 3 amide bonds. The average Bonchev–Trinajstić information content (AvgIpc) is 3.31. The highest BCUT2D eigenvalue weighted by atomic mass is 19.1. The van der Waals surface area contributed by atoms with Crippen molar-refractivity contribution in [3.63, 3.8) is 0 Å². The molecule has 1 saturated heterocycles. The fraction of sp³-hybridized carbons (Fsp3) is 0.379. The van der Waals surface area contributed by atoms with Crippen molar-refractivity contribution in [1.29, 1.82) is 5.26 Å². The molecule has 9 heteroatoms. The summed E-state index contributed by atoms with van der Waals surface area (Å²) in [4.78, 5) is 43.1. The van der Waals surface area contributed by atoms with Crippen LogP contribution in [0, 0.1) is 28.5 Å². The average molecular weight is 521 g/mol. The molecule has 1 N–H and O–H groups in total. The van der Waals surface area contributed by atoms with Crippen molar-refractivity contribution < 1.29 is 23.5 Å². The molecule has 8 nitrogen and oxygen atoms in total. The molecule has 1 aliphatic rings. The zero-order chi connectivity index (χ0) is 28.0. The lowest BCUT2D eigenvalue weighted by atomic mass is 9.84. The van der Waals surface area contributed by atoms with Crippen molar-refractivity contribution in [3.8, 4) is 11.8 Å². The summed E-state index contributed by atoms with van der Waals surface area (Å²) in [5.41, 5.74) is -0.532. The smallest absolute Gasteiger partial charge is 0.254 e. The summed E-state index contributed by atoms with van der Waals surface area (Å²) in [5, 5.41) is 12.8. The summed E-state index contributed by atoms with van der Waals surface area (Å²) < 4.78 is 19.2. The van der Waals surface area contributed by atoms with E-state index in [9.17, 15) is 24.0 Å². The van der Waals surface area contributed by atoms with Crippen molar-refractivity contribution in [2.45, 2.75) is 38.8 Å². The third-order valence-corrected chi connectivity index (χ3v) is 6.86. The molecule has 1 heterocycles. The molecule has 2 aromatic rings. The van der Waals surface area contributed by atoms with Gasteiger partial charge in [0.05, 0.1) is 18.6 Å². The van der Waals surface area contributed by atoms with Gasteiger partial charge in [-0.3, -0.25) is 14.4 Å².